The molecule has 0 N–H and O–H groups in total. The van der Waals surface area contributed by atoms with Gasteiger partial charge in [0.15, 0.2) is 0 Å². The van der Waals surface area contributed by atoms with Gasteiger partial charge >= 0.3 is 0 Å². The van der Waals surface area contributed by atoms with Gasteiger partial charge in [0.1, 0.15) is 11.8 Å². The molecule has 1 aromatic heterocycles. The van der Waals surface area contributed by atoms with Crippen LogP contribution in [0.1, 0.15) is 11.3 Å². The highest BCUT2D eigenvalue weighted by Gasteiger charge is 1.98. The summed E-state index contributed by atoms with van der Waals surface area (Å²) in [5.41, 5.74) is 1.08. The van der Waals surface area contributed by atoms with Crippen LogP contribution in [0.4, 0.5) is 0 Å². The summed E-state index contributed by atoms with van der Waals surface area (Å²) in [6.07, 6.45) is 1.52. The normalized spacial score (nSPS) is 8.90. The van der Waals surface area contributed by atoms with Crippen molar-refractivity contribution in [1.29, 1.82) is 5.26 Å². The Labute approximate surface area is 63.3 Å². The van der Waals surface area contributed by atoms with Gasteiger partial charge in [-0.05, 0) is 18.5 Å². The molecule has 0 aromatic carbocycles. The van der Waals surface area contributed by atoms with Crippen LogP contribution in [0.25, 0.3) is 0 Å². The van der Waals surface area contributed by atoms with Gasteiger partial charge in [-0.25, -0.2) is 9.97 Å². The first-order chi connectivity index (χ1) is 4.74. The molecule has 0 aliphatic carbocycles. The van der Waals surface area contributed by atoms with E-state index in [1.807, 2.05) is 6.07 Å². The molecule has 4 heteroatoms. The van der Waals surface area contributed by atoms with Gasteiger partial charge in [0.05, 0.1) is 0 Å². The van der Waals surface area contributed by atoms with E-state index >= 15 is 0 Å². The van der Waals surface area contributed by atoms with Crippen LogP contribution in [-0.4, -0.2) is 9.97 Å². The molecule has 0 saturated heterocycles. The molecule has 0 fully saturated rings. The van der Waals surface area contributed by atoms with Crippen LogP contribution in [0.2, 0.25) is 5.28 Å². The molecule has 0 saturated carbocycles. The van der Waals surface area contributed by atoms with Crippen molar-refractivity contribution >= 4 is 11.6 Å². The summed E-state index contributed by atoms with van der Waals surface area (Å²) in [5, 5.41) is 8.56. The highest BCUT2D eigenvalue weighted by atomic mass is 35.5. The lowest BCUT2D eigenvalue weighted by Crippen LogP contribution is -1.90. The minimum atomic E-state index is 0.113. The third kappa shape index (κ3) is 1.23. The number of hydrogen-bond donors (Lipinski definition) is 0. The average Bonchev–Trinajstić information content (AvgIpc) is 1.94. The second kappa shape index (κ2) is 2.63. The fourth-order valence-corrected chi connectivity index (χ4v) is 0.667. The summed E-state index contributed by atoms with van der Waals surface area (Å²) in [4.78, 5) is 7.37. The van der Waals surface area contributed by atoms with E-state index in [0.29, 0.717) is 5.69 Å². The summed E-state index contributed by atoms with van der Waals surface area (Å²) in [6, 6.07) is 1.90. The van der Waals surface area contributed by atoms with Gasteiger partial charge < -0.3 is 0 Å². The number of aryl methyl sites for hydroxylation is 1. The Morgan fingerprint density at radius 3 is 2.90 bits per heavy atom. The highest BCUT2D eigenvalue weighted by molar-refractivity contribution is 6.28. The van der Waals surface area contributed by atoms with E-state index in [4.69, 9.17) is 16.9 Å². The molecule has 10 heavy (non-hydrogen) atoms. The summed E-state index contributed by atoms with van der Waals surface area (Å²) in [6.45, 7) is 1.76. The molecule has 0 aliphatic heterocycles. The van der Waals surface area contributed by atoms with Crippen molar-refractivity contribution in [2.24, 2.45) is 0 Å². The van der Waals surface area contributed by atoms with E-state index in [9.17, 15) is 0 Å². The number of rotatable bonds is 0. The molecule has 1 rings (SSSR count). The van der Waals surface area contributed by atoms with Gasteiger partial charge in [-0.3, -0.25) is 0 Å². The number of hydrogen-bond acceptors (Lipinski definition) is 3. The number of nitrogens with zero attached hydrogens (tertiary/aromatic N) is 3. The molecule has 0 bridgehead atoms. The van der Waals surface area contributed by atoms with Crippen LogP contribution in [0.15, 0.2) is 6.20 Å². The van der Waals surface area contributed by atoms with Crippen LogP contribution in [0.5, 0.6) is 0 Å². The standard InChI is InChI=1S/C6H4ClN3/c1-4-3-9-6(7)10-5(4)2-8/h3H,1H3. The Morgan fingerprint density at radius 2 is 2.40 bits per heavy atom. The molecule has 0 radical (unpaired) electrons. The van der Waals surface area contributed by atoms with Crippen LogP contribution >= 0.6 is 11.6 Å². The minimum absolute atomic E-state index is 0.113. The second-order valence-electron chi connectivity index (χ2n) is 1.78. The SMILES string of the molecule is Cc1cnc(Cl)nc1C#N. The van der Waals surface area contributed by atoms with Crippen LogP contribution in [0, 0.1) is 18.3 Å². The Balaban J connectivity index is 3.25. The van der Waals surface area contributed by atoms with Crippen molar-refractivity contribution in [3.8, 4) is 6.07 Å². The molecule has 0 unspecified atom stereocenters. The lowest BCUT2D eigenvalue weighted by molar-refractivity contribution is 1.10. The second-order valence-corrected chi connectivity index (χ2v) is 2.12. The van der Waals surface area contributed by atoms with Crippen LogP contribution in [-0.2, 0) is 0 Å². The fraction of sp³-hybridized carbons (Fsp3) is 0.167. The predicted molar refractivity (Wildman–Crippen MR) is 36.5 cm³/mol. The molecular weight excluding hydrogens is 150 g/mol. The van der Waals surface area contributed by atoms with Gasteiger partial charge in [-0.15, -0.1) is 0 Å². The summed E-state index contributed by atoms with van der Waals surface area (Å²) >= 11 is 5.42. The lowest BCUT2D eigenvalue weighted by atomic mass is 10.3. The van der Waals surface area contributed by atoms with E-state index < -0.39 is 0 Å². The molecule has 1 aromatic rings. The van der Waals surface area contributed by atoms with Crippen molar-refractivity contribution < 1.29 is 0 Å². The average molecular weight is 154 g/mol. The first kappa shape index (κ1) is 6.97. The number of aromatic nitrogens is 2. The maximum absolute atomic E-state index is 8.44. The van der Waals surface area contributed by atoms with Gasteiger partial charge in [0.2, 0.25) is 5.28 Å². The smallest absolute Gasteiger partial charge is 0.223 e. The van der Waals surface area contributed by atoms with Crippen LogP contribution < -0.4 is 0 Å². The Morgan fingerprint density at radius 1 is 1.70 bits per heavy atom. The zero-order valence-electron chi connectivity index (χ0n) is 5.30. The third-order valence-electron chi connectivity index (χ3n) is 1.05. The van der Waals surface area contributed by atoms with Crippen molar-refractivity contribution in [2.45, 2.75) is 6.92 Å². The quantitative estimate of drug-likeness (QED) is 0.528. The van der Waals surface area contributed by atoms with E-state index in [2.05, 4.69) is 9.97 Å². The maximum atomic E-state index is 8.44. The zero-order chi connectivity index (χ0) is 7.56. The molecule has 1 heterocycles. The van der Waals surface area contributed by atoms with Gasteiger partial charge in [-0.2, -0.15) is 5.26 Å². The highest BCUT2D eigenvalue weighted by Crippen LogP contribution is 2.04. The predicted octanol–water partition coefficient (Wildman–Crippen LogP) is 1.31. The number of halogens is 1. The van der Waals surface area contributed by atoms with Crippen molar-refractivity contribution in [2.75, 3.05) is 0 Å². The summed E-state index contributed by atoms with van der Waals surface area (Å²) in [7, 11) is 0. The molecule has 3 nitrogen and oxygen atoms in total. The number of nitriles is 1. The maximum Gasteiger partial charge on any atom is 0.223 e. The zero-order valence-corrected chi connectivity index (χ0v) is 6.05. The Hall–Kier alpha value is -1.14. The third-order valence-corrected chi connectivity index (χ3v) is 1.23. The van der Waals surface area contributed by atoms with Gasteiger partial charge in [0.25, 0.3) is 0 Å². The largest absolute Gasteiger partial charge is 0.226 e. The molecule has 0 amide bonds. The van der Waals surface area contributed by atoms with Crippen molar-refractivity contribution in [1.82, 2.24) is 9.97 Å². The van der Waals surface area contributed by atoms with E-state index in [1.54, 1.807) is 6.92 Å². The Kier molecular flexibility index (Phi) is 1.83. The monoisotopic (exact) mass is 153 g/mol. The van der Waals surface area contributed by atoms with Crippen LogP contribution in [0.3, 0.4) is 0 Å². The summed E-state index contributed by atoms with van der Waals surface area (Å²) in [5.74, 6) is 0. The summed E-state index contributed by atoms with van der Waals surface area (Å²) < 4.78 is 0. The molecule has 50 valence electrons. The van der Waals surface area contributed by atoms with E-state index in [0.717, 1.165) is 5.56 Å². The fourth-order valence-electron chi connectivity index (χ4n) is 0.534. The molecule has 0 aliphatic rings. The first-order valence-electron chi connectivity index (χ1n) is 2.63. The molecule has 0 atom stereocenters. The van der Waals surface area contributed by atoms with Crippen molar-refractivity contribution in [3.63, 3.8) is 0 Å². The topological polar surface area (TPSA) is 49.6 Å². The van der Waals surface area contributed by atoms with Gasteiger partial charge in [-0.1, -0.05) is 0 Å². The van der Waals surface area contributed by atoms with Gasteiger partial charge in [0, 0.05) is 11.8 Å². The molecular formula is C6H4ClN3. The van der Waals surface area contributed by atoms with E-state index in [-0.39, 0.29) is 5.28 Å². The minimum Gasteiger partial charge on any atom is -0.226 e. The lowest BCUT2D eigenvalue weighted by Gasteiger charge is -1.92. The molecule has 0 spiro atoms. The first-order valence-corrected chi connectivity index (χ1v) is 3.01. The van der Waals surface area contributed by atoms with Crippen molar-refractivity contribution in [3.05, 3.63) is 22.7 Å². The van der Waals surface area contributed by atoms with E-state index in [1.165, 1.54) is 6.20 Å². The Bertz CT molecular complexity index is 290.